The molecule has 1 amide bonds. The Morgan fingerprint density at radius 2 is 1.96 bits per heavy atom. The maximum atomic E-state index is 13.0. The van der Waals surface area contributed by atoms with Crippen LogP contribution in [-0.4, -0.2) is 50.4 Å². The third-order valence-electron chi connectivity index (χ3n) is 4.11. The highest BCUT2D eigenvalue weighted by Crippen LogP contribution is 2.21. The van der Waals surface area contributed by atoms with E-state index >= 15 is 0 Å². The van der Waals surface area contributed by atoms with Crippen molar-refractivity contribution in [2.75, 3.05) is 24.5 Å². The number of anilines is 1. The van der Waals surface area contributed by atoms with Gasteiger partial charge in [0.15, 0.2) is 11.5 Å². The van der Waals surface area contributed by atoms with Gasteiger partial charge in [-0.05, 0) is 17.7 Å². The van der Waals surface area contributed by atoms with E-state index in [9.17, 15) is 9.18 Å². The van der Waals surface area contributed by atoms with Crippen LogP contribution in [0.3, 0.4) is 0 Å². The maximum absolute atomic E-state index is 13.0. The molecule has 1 aliphatic heterocycles. The summed E-state index contributed by atoms with van der Waals surface area (Å²) in [5, 5.41) is 0. The van der Waals surface area contributed by atoms with Crippen molar-refractivity contribution in [2.45, 2.75) is 6.54 Å². The minimum atomic E-state index is -0.276. The number of nitrogens with one attached hydrogen (secondary N) is 1. The molecular weight excluding hydrogens is 311 g/mol. The van der Waals surface area contributed by atoms with Gasteiger partial charge in [0.25, 0.3) is 0 Å². The van der Waals surface area contributed by atoms with Crippen LogP contribution < -0.4 is 4.90 Å². The number of aromatic amines is 1. The van der Waals surface area contributed by atoms with E-state index in [1.807, 2.05) is 4.90 Å². The van der Waals surface area contributed by atoms with Gasteiger partial charge < -0.3 is 14.8 Å². The third kappa shape index (κ3) is 2.66. The van der Waals surface area contributed by atoms with E-state index in [0.29, 0.717) is 31.1 Å². The number of carbonyl (C=O) groups excluding carboxylic acids is 1. The summed E-state index contributed by atoms with van der Waals surface area (Å²) in [6, 6.07) is 6.22. The number of H-pyrrole nitrogens is 1. The monoisotopic (exact) mass is 326 g/mol. The van der Waals surface area contributed by atoms with Crippen molar-refractivity contribution in [3.63, 3.8) is 0 Å². The summed E-state index contributed by atoms with van der Waals surface area (Å²) in [7, 11) is 0. The third-order valence-corrected chi connectivity index (χ3v) is 4.11. The van der Waals surface area contributed by atoms with Gasteiger partial charge in [0.05, 0.1) is 12.9 Å². The van der Waals surface area contributed by atoms with Gasteiger partial charge in [-0.25, -0.2) is 19.3 Å². The lowest BCUT2D eigenvalue weighted by molar-refractivity contribution is -0.131. The van der Waals surface area contributed by atoms with E-state index in [4.69, 9.17) is 0 Å². The summed E-state index contributed by atoms with van der Waals surface area (Å²) in [6.45, 7) is 1.97. The average Bonchev–Trinajstić information content (AvgIpc) is 3.07. The molecule has 1 N–H and O–H groups in total. The molecule has 1 fully saturated rings. The molecule has 0 radical (unpaired) electrons. The minimum Gasteiger partial charge on any atom is -0.344 e. The van der Waals surface area contributed by atoms with E-state index in [1.54, 1.807) is 23.4 Å². The molecular formula is C16H15FN6O. The number of rotatable bonds is 3. The number of benzene rings is 1. The van der Waals surface area contributed by atoms with Crippen LogP contribution in [0.15, 0.2) is 36.9 Å². The molecule has 3 aromatic rings. The van der Waals surface area contributed by atoms with Crippen molar-refractivity contribution < 1.29 is 9.18 Å². The standard InChI is InChI=1S/C16H15FN6O/c17-12-3-1-11(2-4-12)7-22-5-6-23(8-13(22)24)16-14-15(19-9-18-14)20-10-21-16/h1-4,9-10H,5-8H2,(H,18,19,20,21). The number of aromatic nitrogens is 4. The summed E-state index contributed by atoms with van der Waals surface area (Å²) in [6.07, 6.45) is 3.02. The summed E-state index contributed by atoms with van der Waals surface area (Å²) in [4.78, 5) is 31.7. The number of amides is 1. The Morgan fingerprint density at radius 3 is 2.75 bits per heavy atom. The highest BCUT2D eigenvalue weighted by atomic mass is 19.1. The molecule has 1 saturated heterocycles. The van der Waals surface area contributed by atoms with Crippen molar-refractivity contribution in [3.05, 3.63) is 48.3 Å². The molecule has 24 heavy (non-hydrogen) atoms. The summed E-state index contributed by atoms with van der Waals surface area (Å²) in [5.74, 6) is 0.423. The molecule has 122 valence electrons. The fourth-order valence-electron chi connectivity index (χ4n) is 2.86. The van der Waals surface area contributed by atoms with Gasteiger partial charge in [-0.15, -0.1) is 0 Å². The number of hydrogen-bond donors (Lipinski definition) is 1. The van der Waals surface area contributed by atoms with Crippen molar-refractivity contribution in [2.24, 2.45) is 0 Å². The highest BCUT2D eigenvalue weighted by molar-refractivity contribution is 5.88. The van der Waals surface area contributed by atoms with E-state index < -0.39 is 0 Å². The van der Waals surface area contributed by atoms with Gasteiger partial charge >= 0.3 is 0 Å². The molecule has 1 aromatic carbocycles. The Kier molecular flexibility index (Phi) is 3.56. The molecule has 0 unspecified atom stereocenters. The summed E-state index contributed by atoms with van der Waals surface area (Å²) >= 11 is 0. The van der Waals surface area contributed by atoms with Crippen molar-refractivity contribution >= 4 is 22.9 Å². The Hall–Kier alpha value is -3.03. The van der Waals surface area contributed by atoms with Gasteiger partial charge in [0.1, 0.15) is 17.7 Å². The van der Waals surface area contributed by atoms with Crippen molar-refractivity contribution in [3.8, 4) is 0 Å². The van der Waals surface area contributed by atoms with Gasteiger partial charge in [0.2, 0.25) is 5.91 Å². The van der Waals surface area contributed by atoms with Crippen LogP contribution in [0.5, 0.6) is 0 Å². The number of imidazole rings is 1. The maximum Gasteiger partial charge on any atom is 0.242 e. The van der Waals surface area contributed by atoms with Crippen LogP contribution >= 0.6 is 0 Å². The lowest BCUT2D eigenvalue weighted by Gasteiger charge is -2.35. The lowest BCUT2D eigenvalue weighted by Crippen LogP contribution is -2.50. The van der Waals surface area contributed by atoms with Gasteiger partial charge in [-0.3, -0.25) is 4.79 Å². The first kappa shape index (κ1) is 14.6. The molecule has 0 bridgehead atoms. The number of nitrogens with zero attached hydrogens (tertiary/aromatic N) is 5. The van der Waals surface area contributed by atoms with Crippen LogP contribution in [-0.2, 0) is 11.3 Å². The SMILES string of the molecule is O=C1CN(c2ncnc3nc[nH]c23)CCN1Cc1ccc(F)cc1. The largest absolute Gasteiger partial charge is 0.344 e. The second kappa shape index (κ2) is 5.88. The molecule has 0 aliphatic carbocycles. The molecule has 4 rings (SSSR count). The molecule has 0 saturated carbocycles. The summed E-state index contributed by atoms with van der Waals surface area (Å²) < 4.78 is 13.0. The quantitative estimate of drug-likeness (QED) is 0.786. The van der Waals surface area contributed by atoms with Gasteiger partial charge in [0, 0.05) is 19.6 Å². The van der Waals surface area contributed by atoms with Crippen molar-refractivity contribution in [1.29, 1.82) is 0 Å². The first-order valence-corrected chi connectivity index (χ1v) is 7.62. The van der Waals surface area contributed by atoms with E-state index in [0.717, 1.165) is 11.1 Å². The molecule has 3 heterocycles. The second-order valence-electron chi connectivity index (χ2n) is 5.66. The lowest BCUT2D eigenvalue weighted by atomic mass is 10.2. The Bertz CT molecular complexity index is 878. The zero-order valence-corrected chi connectivity index (χ0v) is 12.8. The van der Waals surface area contributed by atoms with Crippen LogP contribution in [0.4, 0.5) is 10.2 Å². The van der Waals surface area contributed by atoms with Crippen molar-refractivity contribution in [1.82, 2.24) is 24.8 Å². The fraction of sp³-hybridized carbons (Fsp3) is 0.250. The zero-order chi connectivity index (χ0) is 16.5. The van der Waals surface area contributed by atoms with Crippen LogP contribution in [0.1, 0.15) is 5.56 Å². The predicted octanol–water partition coefficient (Wildman–Crippen LogP) is 1.34. The topological polar surface area (TPSA) is 78.0 Å². The molecule has 7 nitrogen and oxygen atoms in total. The highest BCUT2D eigenvalue weighted by Gasteiger charge is 2.26. The molecule has 0 atom stereocenters. The zero-order valence-electron chi connectivity index (χ0n) is 12.8. The summed E-state index contributed by atoms with van der Waals surface area (Å²) in [5.41, 5.74) is 2.23. The first-order chi connectivity index (χ1) is 11.7. The second-order valence-corrected chi connectivity index (χ2v) is 5.66. The molecule has 8 heteroatoms. The van der Waals surface area contributed by atoms with E-state index in [1.165, 1.54) is 18.5 Å². The molecule has 1 aliphatic rings. The molecule has 2 aromatic heterocycles. The Balaban J connectivity index is 1.49. The number of halogens is 1. The van der Waals surface area contributed by atoms with Gasteiger partial charge in [-0.1, -0.05) is 12.1 Å². The van der Waals surface area contributed by atoms with Crippen LogP contribution in [0, 0.1) is 5.82 Å². The van der Waals surface area contributed by atoms with Gasteiger partial charge in [-0.2, -0.15) is 0 Å². The number of carbonyl (C=O) groups is 1. The van der Waals surface area contributed by atoms with Crippen LogP contribution in [0.25, 0.3) is 11.2 Å². The Morgan fingerprint density at radius 1 is 1.12 bits per heavy atom. The number of hydrogen-bond acceptors (Lipinski definition) is 5. The minimum absolute atomic E-state index is 0.0110. The van der Waals surface area contributed by atoms with E-state index in [-0.39, 0.29) is 18.3 Å². The fourth-order valence-corrected chi connectivity index (χ4v) is 2.86. The smallest absolute Gasteiger partial charge is 0.242 e. The number of fused-ring (bicyclic) bond motifs is 1. The first-order valence-electron chi connectivity index (χ1n) is 7.62. The molecule has 0 spiro atoms. The van der Waals surface area contributed by atoms with Crippen LogP contribution in [0.2, 0.25) is 0 Å². The number of piperazine rings is 1. The Labute approximate surface area is 137 Å². The van der Waals surface area contributed by atoms with E-state index in [2.05, 4.69) is 19.9 Å². The average molecular weight is 326 g/mol. The predicted molar refractivity (Wildman–Crippen MR) is 85.7 cm³/mol. The normalized spacial score (nSPS) is 15.3.